The van der Waals surface area contributed by atoms with Gasteiger partial charge >= 0.3 is 5.97 Å². The van der Waals surface area contributed by atoms with Gasteiger partial charge in [-0.05, 0) is 13.3 Å². The standard InChI is InChI=1S/C13H16N2O3/c1-3-5-7-10(4-2)13-14-11(18-15-13)8-6-9-12(16)17/h3-5,7H,2,6,8-9H2,1H3,(H,16,17)/b5-3-,10-7+. The molecule has 1 aromatic rings. The van der Waals surface area contributed by atoms with Crippen molar-refractivity contribution in [3.05, 3.63) is 42.6 Å². The second-order valence-electron chi connectivity index (χ2n) is 3.61. The third-order valence-corrected chi connectivity index (χ3v) is 2.20. The van der Waals surface area contributed by atoms with Crippen molar-refractivity contribution >= 4 is 11.5 Å². The van der Waals surface area contributed by atoms with Crippen LogP contribution in [0.4, 0.5) is 0 Å². The minimum absolute atomic E-state index is 0.0977. The SMILES string of the molecule is C=C/C(=C\C=C/C)c1noc(CCCC(=O)O)n1. The molecule has 0 radical (unpaired) electrons. The van der Waals surface area contributed by atoms with Gasteiger partial charge in [-0.1, -0.05) is 36.0 Å². The minimum Gasteiger partial charge on any atom is -0.481 e. The van der Waals surface area contributed by atoms with E-state index in [1.165, 1.54) is 0 Å². The Labute approximate surface area is 106 Å². The number of aryl methyl sites for hydroxylation is 1. The van der Waals surface area contributed by atoms with E-state index in [2.05, 4.69) is 16.7 Å². The zero-order chi connectivity index (χ0) is 13.4. The number of aliphatic carboxylic acids is 1. The van der Waals surface area contributed by atoms with Gasteiger partial charge in [0.25, 0.3) is 0 Å². The first-order chi connectivity index (χ1) is 8.67. The topological polar surface area (TPSA) is 76.2 Å². The van der Waals surface area contributed by atoms with E-state index in [9.17, 15) is 4.79 Å². The molecule has 96 valence electrons. The molecule has 0 saturated carbocycles. The van der Waals surface area contributed by atoms with Crippen LogP contribution in [0, 0.1) is 0 Å². The maximum Gasteiger partial charge on any atom is 0.303 e. The molecule has 0 bridgehead atoms. The Morgan fingerprint density at radius 3 is 2.94 bits per heavy atom. The third-order valence-electron chi connectivity index (χ3n) is 2.20. The predicted octanol–water partition coefficient (Wildman–Crippen LogP) is 2.62. The quantitative estimate of drug-likeness (QED) is 0.750. The first-order valence-electron chi connectivity index (χ1n) is 5.67. The molecule has 1 heterocycles. The molecule has 0 unspecified atom stereocenters. The van der Waals surface area contributed by atoms with Crippen molar-refractivity contribution in [1.29, 1.82) is 0 Å². The lowest BCUT2D eigenvalue weighted by Crippen LogP contribution is -1.96. The molecule has 0 aromatic carbocycles. The first kappa shape index (κ1) is 13.9. The molecular formula is C13H16N2O3. The summed E-state index contributed by atoms with van der Waals surface area (Å²) in [5, 5.41) is 12.4. The van der Waals surface area contributed by atoms with Gasteiger partial charge in [0.05, 0.1) is 0 Å². The third kappa shape index (κ3) is 4.37. The number of carboxylic acid groups (broad SMARTS) is 1. The lowest BCUT2D eigenvalue weighted by Gasteiger charge is -1.91. The molecule has 1 aromatic heterocycles. The summed E-state index contributed by atoms with van der Waals surface area (Å²) in [7, 11) is 0. The van der Waals surface area contributed by atoms with Crippen LogP contribution in [0.5, 0.6) is 0 Å². The molecule has 0 atom stereocenters. The van der Waals surface area contributed by atoms with E-state index in [-0.39, 0.29) is 6.42 Å². The van der Waals surface area contributed by atoms with E-state index in [0.717, 1.165) is 5.57 Å². The van der Waals surface area contributed by atoms with Crippen LogP contribution < -0.4 is 0 Å². The number of hydrogen-bond donors (Lipinski definition) is 1. The minimum atomic E-state index is -0.825. The lowest BCUT2D eigenvalue weighted by atomic mass is 10.2. The summed E-state index contributed by atoms with van der Waals surface area (Å²) in [5.74, 6) is 0.0856. The van der Waals surface area contributed by atoms with Gasteiger partial charge < -0.3 is 9.63 Å². The summed E-state index contributed by atoms with van der Waals surface area (Å²) in [4.78, 5) is 14.6. The van der Waals surface area contributed by atoms with E-state index in [1.807, 2.05) is 25.2 Å². The first-order valence-corrected chi connectivity index (χ1v) is 5.67. The Morgan fingerprint density at radius 1 is 1.56 bits per heavy atom. The molecule has 0 fully saturated rings. The second-order valence-corrected chi connectivity index (χ2v) is 3.61. The summed E-state index contributed by atoms with van der Waals surface area (Å²) in [6, 6.07) is 0. The zero-order valence-electron chi connectivity index (χ0n) is 10.3. The molecule has 0 aliphatic carbocycles. The molecular weight excluding hydrogens is 232 g/mol. The van der Waals surface area contributed by atoms with Gasteiger partial charge in [0, 0.05) is 18.4 Å². The van der Waals surface area contributed by atoms with Crippen LogP contribution in [-0.4, -0.2) is 21.2 Å². The van der Waals surface area contributed by atoms with Gasteiger partial charge in [0.2, 0.25) is 11.7 Å². The van der Waals surface area contributed by atoms with E-state index >= 15 is 0 Å². The predicted molar refractivity (Wildman–Crippen MR) is 67.9 cm³/mol. The molecule has 5 nitrogen and oxygen atoms in total. The van der Waals surface area contributed by atoms with E-state index in [4.69, 9.17) is 9.63 Å². The Bertz CT molecular complexity index is 472. The number of nitrogens with zero attached hydrogens (tertiary/aromatic N) is 2. The van der Waals surface area contributed by atoms with E-state index in [0.29, 0.717) is 24.6 Å². The summed E-state index contributed by atoms with van der Waals surface area (Å²) in [6.07, 6.45) is 8.27. The molecule has 18 heavy (non-hydrogen) atoms. The molecule has 0 spiro atoms. The normalized spacial score (nSPS) is 11.9. The molecule has 5 heteroatoms. The van der Waals surface area contributed by atoms with Gasteiger partial charge in [-0.3, -0.25) is 4.79 Å². The summed E-state index contributed by atoms with van der Waals surface area (Å²) in [6.45, 7) is 5.59. The largest absolute Gasteiger partial charge is 0.481 e. The number of aromatic nitrogens is 2. The van der Waals surface area contributed by atoms with Crippen LogP contribution >= 0.6 is 0 Å². The average molecular weight is 248 g/mol. The number of allylic oxidation sites excluding steroid dienone is 5. The maximum atomic E-state index is 10.4. The zero-order valence-corrected chi connectivity index (χ0v) is 10.3. The van der Waals surface area contributed by atoms with Gasteiger partial charge in [-0.25, -0.2) is 0 Å². The van der Waals surface area contributed by atoms with Crippen LogP contribution in [0.25, 0.3) is 5.57 Å². The molecule has 1 rings (SSSR count). The van der Waals surface area contributed by atoms with Crippen molar-refractivity contribution in [2.45, 2.75) is 26.2 Å². The van der Waals surface area contributed by atoms with Crippen LogP contribution in [0.3, 0.4) is 0 Å². The Morgan fingerprint density at radius 2 is 2.33 bits per heavy atom. The molecule has 0 amide bonds. The second kappa shape index (κ2) is 7.21. The summed E-state index contributed by atoms with van der Waals surface area (Å²) >= 11 is 0. The molecule has 0 aliphatic rings. The fourth-order valence-corrected chi connectivity index (χ4v) is 1.30. The molecule has 0 aliphatic heterocycles. The van der Waals surface area contributed by atoms with Crippen LogP contribution in [0.15, 0.2) is 35.4 Å². The van der Waals surface area contributed by atoms with Crippen molar-refractivity contribution in [3.63, 3.8) is 0 Å². The highest BCUT2D eigenvalue weighted by molar-refractivity contribution is 5.69. The van der Waals surface area contributed by atoms with Gasteiger partial charge in [0.1, 0.15) is 0 Å². The lowest BCUT2D eigenvalue weighted by molar-refractivity contribution is -0.137. The number of rotatable bonds is 7. The molecule has 1 N–H and O–H groups in total. The Kier molecular flexibility index (Phi) is 5.57. The number of carbonyl (C=O) groups is 1. The van der Waals surface area contributed by atoms with E-state index < -0.39 is 5.97 Å². The van der Waals surface area contributed by atoms with Crippen molar-refractivity contribution in [1.82, 2.24) is 10.1 Å². The van der Waals surface area contributed by atoms with Gasteiger partial charge in [0.15, 0.2) is 0 Å². The Balaban J connectivity index is 2.67. The Hall–Kier alpha value is -2.17. The van der Waals surface area contributed by atoms with Crippen LogP contribution in [0.2, 0.25) is 0 Å². The highest BCUT2D eigenvalue weighted by Crippen LogP contribution is 2.13. The van der Waals surface area contributed by atoms with Crippen molar-refractivity contribution in [2.24, 2.45) is 0 Å². The van der Waals surface area contributed by atoms with Crippen LogP contribution in [-0.2, 0) is 11.2 Å². The fraction of sp³-hybridized carbons (Fsp3) is 0.308. The maximum absolute atomic E-state index is 10.4. The van der Waals surface area contributed by atoms with Gasteiger partial charge in [-0.2, -0.15) is 4.98 Å². The van der Waals surface area contributed by atoms with Crippen molar-refractivity contribution in [3.8, 4) is 0 Å². The smallest absolute Gasteiger partial charge is 0.303 e. The summed E-state index contributed by atoms with van der Waals surface area (Å²) < 4.78 is 5.04. The fourth-order valence-electron chi connectivity index (χ4n) is 1.30. The number of hydrogen-bond acceptors (Lipinski definition) is 4. The monoisotopic (exact) mass is 248 g/mol. The average Bonchev–Trinajstić information content (AvgIpc) is 2.78. The molecule has 0 saturated heterocycles. The number of carboxylic acids is 1. The highest BCUT2D eigenvalue weighted by Gasteiger charge is 2.08. The van der Waals surface area contributed by atoms with Crippen molar-refractivity contribution in [2.75, 3.05) is 0 Å². The summed E-state index contributed by atoms with van der Waals surface area (Å²) in [5.41, 5.74) is 0.765. The van der Waals surface area contributed by atoms with Crippen LogP contribution in [0.1, 0.15) is 31.5 Å². The highest BCUT2D eigenvalue weighted by atomic mass is 16.5. The van der Waals surface area contributed by atoms with Gasteiger partial charge in [-0.15, -0.1) is 0 Å². The van der Waals surface area contributed by atoms with Crippen molar-refractivity contribution < 1.29 is 14.4 Å². The van der Waals surface area contributed by atoms with E-state index in [1.54, 1.807) is 6.08 Å².